The van der Waals surface area contributed by atoms with Gasteiger partial charge in [0.1, 0.15) is 30.1 Å². The summed E-state index contributed by atoms with van der Waals surface area (Å²) < 4.78 is 35.5. The second kappa shape index (κ2) is 11.0. The van der Waals surface area contributed by atoms with E-state index in [-0.39, 0.29) is 12.0 Å². The summed E-state index contributed by atoms with van der Waals surface area (Å²) in [6, 6.07) is 0.938. The Balaban J connectivity index is 1.47. The molecule has 0 radical (unpaired) electrons. The van der Waals surface area contributed by atoms with E-state index in [1.165, 1.54) is 13.1 Å². The number of aryl methyl sites for hydroxylation is 1. The van der Waals surface area contributed by atoms with Crippen molar-refractivity contribution in [1.29, 1.82) is 0 Å². The first-order valence-corrected chi connectivity index (χ1v) is 13.0. The third-order valence-electron chi connectivity index (χ3n) is 6.45. The molecule has 2 fully saturated rings. The highest BCUT2D eigenvalue weighted by molar-refractivity contribution is 7.47. The topological polar surface area (TPSA) is 265 Å². The molecule has 0 saturated carbocycles. The van der Waals surface area contributed by atoms with E-state index in [0.29, 0.717) is 0 Å². The monoisotopic (exact) mass is 578 g/mol. The molecule has 1 unspecified atom stereocenters. The lowest BCUT2D eigenvalue weighted by atomic mass is 9.97. The number of nitrogens with zero attached hydrogens (tertiary/aromatic N) is 2. The second-order valence-electron chi connectivity index (χ2n) is 9.10. The summed E-state index contributed by atoms with van der Waals surface area (Å²) in [5.41, 5.74) is -5.13. The molecule has 19 heteroatoms. The Morgan fingerprint density at radius 3 is 2.44 bits per heavy atom. The Kier molecular flexibility index (Phi) is 8.25. The van der Waals surface area contributed by atoms with Crippen LogP contribution in [0.5, 0.6) is 0 Å². The molecule has 2 aromatic rings. The number of nitrogens with one attached hydrogen (secondary N) is 2. The van der Waals surface area contributed by atoms with Gasteiger partial charge in [-0.1, -0.05) is 0 Å². The Bertz CT molecular complexity index is 1480. The van der Waals surface area contributed by atoms with Gasteiger partial charge in [-0.05, 0) is 6.92 Å². The van der Waals surface area contributed by atoms with Gasteiger partial charge in [-0.25, -0.2) is 14.2 Å². The van der Waals surface area contributed by atoms with E-state index in [4.69, 9.17) is 18.5 Å². The summed E-state index contributed by atoms with van der Waals surface area (Å²) in [6.07, 6.45) is -6.95. The number of rotatable bonds is 9. The zero-order valence-corrected chi connectivity index (χ0v) is 21.2. The number of phosphoric acid groups is 1. The van der Waals surface area contributed by atoms with E-state index in [0.717, 1.165) is 21.4 Å². The maximum Gasteiger partial charge on any atom is 0.472 e. The van der Waals surface area contributed by atoms with E-state index in [9.17, 15) is 49.1 Å². The van der Waals surface area contributed by atoms with Crippen LogP contribution in [0.3, 0.4) is 0 Å². The average molecular weight is 578 g/mol. The minimum Gasteiger partial charge on any atom is -0.393 e. The third-order valence-corrected chi connectivity index (χ3v) is 7.41. The van der Waals surface area contributed by atoms with Crippen molar-refractivity contribution in [3.05, 3.63) is 65.7 Å². The molecule has 2 saturated heterocycles. The van der Waals surface area contributed by atoms with E-state index >= 15 is 0 Å². The maximum atomic E-state index is 12.8. The van der Waals surface area contributed by atoms with Crippen molar-refractivity contribution in [2.75, 3.05) is 19.8 Å². The largest absolute Gasteiger partial charge is 0.472 e. The maximum absolute atomic E-state index is 12.8. The number of hydrogen-bond donors (Lipinski definition) is 7. The van der Waals surface area contributed by atoms with Crippen LogP contribution < -0.4 is 22.5 Å². The number of aliphatic hydroxyl groups excluding tert-OH is 4. The van der Waals surface area contributed by atoms with Crippen LogP contribution in [0.15, 0.2) is 37.6 Å². The molecular formula is C20H27N4O14P. The molecule has 7 N–H and O–H groups in total. The summed E-state index contributed by atoms with van der Waals surface area (Å²) in [5.74, 6) is 0. The second-order valence-corrected chi connectivity index (χ2v) is 10.5. The van der Waals surface area contributed by atoms with Gasteiger partial charge in [0.25, 0.3) is 11.1 Å². The molecule has 4 rings (SSSR count). The van der Waals surface area contributed by atoms with Gasteiger partial charge in [0, 0.05) is 30.4 Å². The first-order valence-electron chi connectivity index (χ1n) is 11.5. The van der Waals surface area contributed by atoms with Crippen molar-refractivity contribution < 1.29 is 48.4 Å². The standard InChI is InChI=1S/C20H27N4O14P/c1-9-5-24(19(32)22-16(9)30)13-4-10(27)11(36-13)6-35-39(33,34)38-15-14(29)17(37-20(15,7-25)8-26)23-3-2-12(28)21-18(23)31/h2-3,5,10-11,13-15,17,25-27,29H,4,6-8H2,1H3,(H,33,34)(H,21,28,31)(H,22,30,32)/t10-,11+,13+,14+,15-,17+/m0/s1. The number of hydrogen-bond acceptors (Lipinski definition) is 13. The highest BCUT2D eigenvalue weighted by Crippen LogP contribution is 2.51. The summed E-state index contributed by atoms with van der Waals surface area (Å²) in [4.78, 5) is 61.6. The fraction of sp³-hybridized carbons (Fsp3) is 0.600. The number of aliphatic hydroxyl groups is 4. The van der Waals surface area contributed by atoms with Crippen LogP contribution in [-0.4, -0.2) is 94.3 Å². The average Bonchev–Trinajstić information content (AvgIpc) is 3.37. The Morgan fingerprint density at radius 1 is 1.13 bits per heavy atom. The van der Waals surface area contributed by atoms with Gasteiger partial charge in [0.15, 0.2) is 6.23 Å². The van der Waals surface area contributed by atoms with Crippen molar-refractivity contribution in [2.24, 2.45) is 0 Å². The van der Waals surface area contributed by atoms with Crippen LogP contribution in [-0.2, 0) is 23.1 Å². The summed E-state index contributed by atoms with van der Waals surface area (Å²) in [5, 5.41) is 40.9. The van der Waals surface area contributed by atoms with Crippen molar-refractivity contribution >= 4 is 7.82 Å². The van der Waals surface area contributed by atoms with Gasteiger partial charge in [-0.15, -0.1) is 0 Å². The highest BCUT2D eigenvalue weighted by atomic mass is 31.2. The molecular weight excluding hydrogens is 551 g/mol. The number of aromatic nitrogens is 4. The molecule has 0 bridgehead atoms. The molecule has 2 aliphatic heterocycles. The van der Waals surface area contributed by atoms with E-state index in [2.05, 4.69) is 4.98 Å². The lowest BCUT2D eigenvalue weighted by Gasteiger charge is -2.31. The Hall–Kier alpha value is -2.77. The summed E-state index contributed by atoms with van der Waals surface area (Å²) in [6.45, 7) is -1.34. The highest BCUT2D eigenvalue weighted by Gasteiger charge is 2.58. The lowest BCUT2D eigenvalue weighted by Crippen LogP contribution is -2.50. The Morgan fingerprint density at radius 2 is 1.79 bits per heavy atom. The van der Waals surface area contributed by atoms with Gasteiger partial charge < -0.3 is 34.8 Å². The minimum absolute atomic E-state index is 0.126. The van der Waals surface area contributed by atoms with Crippen LogP contribution in [0.25, 0.3) is 0 Å². The predicted molar refractivity (Wildman–Crippen MR) is 126 cm³/mol. The van der Waals surface area contributed by atoms with Gasteiger partial charge in [0.2, 0.25) is 0 Å². The molecule has 0 aliphatic carbocycles. The fourth-order valence-electron chi connectivity index (χ4n) is 4.33. The fourth-order valence-corrected chi connectivity index (χ4v) is 5.33. The van der Waals surface area contributed by atoms with E-state index < -0.39 is 92.6 Å². The first-order chi connectivity index (χ1) is 18.3. The van der Waals surface area contributed by atoms with Crippen LogP contribution in [0.1, 0.15) is 24.4 Å². The quantitative estimate of drug-likeness (QED) is 0.141. The van der Waals surface area contributed by atoms with E-state index in [1.807, 2.05) is 4.98 Å². The van der Waals surface area contributed by atoms with Crippen LogP contribution in [0, 0.1) is 6.92 Å². The number of ether oxygens (including phenoxy) is 2. The summed E-state index contributed by atoms with van der Waals surface area (Å²) >= 11 is 0. The molecule has 0 aromatic carbocycles. The van der Waals surface area contributed by atoms with Crippen molar-refractivity contribution in [2.45, 2.75) is 55.8 Å². The molecule has 18 nitrogen and oxygen atoms in total. The van der Waals surface area contributed by atoms with Gasteiger partial charge in [0.05, 0.1) is 25.9 Å². The molecule has 2 aromatic heterocycles. The van der Waals surface area contributed by atoms with Crippen molar-refractivity contribution in [3.8, 4) is 0 Å². The molecule has 0 amide bonds. The first kappa shape index (κ1) is 29.2. The van der Waals surface area contributed by atoms with Gasteiger partial charge in [-0.3, -0.25) is 37.7 Å². The molecule has 39 heavy (non-hydrogen) atoms. The Labute approximate surface area is 217 Å². The zero-order chi connectivity index (χ0) is 28.7. The van der Waals surface area contributed by atoms with Gasteiger partial charge >= 0.3 is 19.2 Å². The smallest absolute Gasteiger partial charge is 0.393 e. The molecule has 4 heterocycles. The number of phosphoric ester groups is 1. The normalized spacial score (nSPS) is 29.9. The number of H-pyrrole nitrogens is 2. The van der Waals surface area contributed by atoms with Crippen LogP contribution in [0.4, 0.5) is 0 Å². The minimum atomic E-state index is -5.13. The SMILES string of the molecule is Cc1cn([C@H]2C[C@H](O)[C@@H](COP(=O)(O)O[C@H]3[C@@H](O)[C@H](n4ccc(=O)[nH]c4=O)OC3(CO)CO)O2)c(=O)[nH]c1=O. The third kappa shape index (κ3) is 5.75. The van der Waals surface area contributed by atoms with Crippen molar-refractivity contribution in [1.82, 2.24) is 19.1 Å². The molecule has 2 aliphatic rings. The van der Waals surface area contributed by atoms with E-state index in [1.54, 1.807) is 0 Å². The van der Waals surface area contributed by atoms with Crippen LogP contribution in [0.2, 0.25) is 0 Å². The zero-order valence-electron chi connectivity index (χ0n) is 20.3. The van der Waals surface area contributed by atoms with Crippen LogP contribution >= 0.6 is 7.82 Å². The molecule has 0 spiro atoms. The van der Waals surface area contributed by atoms with Crippen molar-refractivity contribution in [3.63, 3.8) is 0 Å². The molecule has 216 valence electrons. The summed E-state index contributed by atoms with van der Waals surface area (Å²) in [7, 11) is -5.13. The molecule has 7 atom stereocenters. The predicted octanol–water partition coefficient (Wildman–Crippen LogP) is -3.84. The lowest BCUT2D eigenvalue weighted by molar-refractivity contribution is -0.149. The van der Waals surface area contributed by atoms with Gasteiger partial charge in [-0.2, -0.15) is 0 Å². The number of aromatic amines is 2.